The second-order valence-electron chi connectivity index (χ2n) is 2.29. The van der Waals surface area contributed by atoms with E-state index in [9.17, 15) is 4.79 Å². The van der Waals surface area contributed by atoms with Crippen molar-refractivity contribution in [2.75, 3.05) is 20.0 Å². The average Bonchev–Trinajstić information content (AvgIpc) is 2.17. The van der Waals surface area contributed by atoms with Crippen molar-refractivity contribution in [3.8, 4) is 11.9 Å². The first kappa shape index (κ1) is 10.0. The van der Waals surface area contributed by atoms with Gasteiger partial charge in [-0.25, -0.2) is 4.79 Å². The van der Waals surface area contributed by atoms with E-state index in [1.54, 1.807) is 0 Å². The predicted molar refractivity (Wildman–Crippen MR) is 46.5 cm³/mol. The lowest BCUT2D eigenvalue weighted by Crippen LogP contribution is -2.10. The quantitative estimate of drug-likeness (QED) is 0.692. The van der Waals surface area contributed by atoms with Gasteiger partial charge in [0, 0.05) is 0 Å². The van der Waals surface area contributed by atoms with Crippen LogP contribution in [0.15, 0.2) is 0 Å². The molecule has 0 saturated heterocycles. The monoisotopic (exact) mass is 199 g/mol. The Kier molecular flexibility index (Phi) is 2.70. The molecule has 0 atom stereocenters. The summed E-state index contributed by atoms with van der Waals surface area (Å²) < 4.78 is 9.44. The zero-order chi connectivity index (χ0) is 10.7. The van der Waals surface area contributed by atoms with Crippen molar-refractivity contribution < 1.29 is 19.4 Å². The molecule has 0 unspecified atom stereocenters. The normalized spacial score (nSPS) is 9.57. The highest BCUT2D eigenvalue weighted by Crippen LogP contribution is 2.23. The first-order valence-corrected chi connectivity index (χ1v) is 3.59. The summed E-state index contributed by atoms with van der Waals surface area (Å²) in [5.74, 6) is -1.28. The van der Waals surface area contributed by atoms with Gasteiger partial charge in [-0.2, -0.15) is 9.97 Å². The summed E-state index contributed by atoms with van der Waals surface area (Å²) in [4.78, 5) is 17.9. The Hall–Kier alpha value is -2.05. The molecule has 0 amide bonds. The van der Waals surface area contributed by atoms with Gasteiger partial charge in [-0.1, -0.05) is 0 Å². The molecule has 7 heteroatoms. The number of anilines is 1. The molecule has 0 fully saturated rings. The number of aromatic nitrogens is 2. The molecule has 0 aliphatic heterocycles. The van der Waals surface area contributed by atoms with Gasteiger partial charge in [0.2, 0.25) is 5.88 Å². The number of aromatic carboxylic acids is 1. The van der Waals surface area contributed by atoms with E-state index in [0.717, 1.165) is 0 Å². The van der Waals surface area contributed by atoms with Gasteiger partial charge in [-0.05, 0) is 0 Å². The van der Waals surface area contributed by atoms with Gasteiger partial charge in [0.05, 0.1) is 14.2 Å². The maximum Gasteiger partial charge on any atom is 0.357 e. The summed E-state index contributed by atoms with van der Waals surface area (Å²) in [7, 11) is 2.64. The Balaban J connectivity index is 3.34. The fraction of sp³-hybridized carbons (Fsp3) is 0.286. The topological polar surface area (TPSA) is 108 Å². The van der Waals surface area contributed by atoms with Gasteiger partial charge < -0.3 is 20.3 Å². The lowest BCUT2D eigenvalue weighted by Gasteiger charge is -2.06. The van der Waals surface area contributed by atoms with E-state index in [2.05, 4.69) is 14.7 Å². The Morgan fingerprint density at radius 1 is 1.36 bits per heavy atom. The smallest absolute Gasteiger partial charge is 0.357 e. The lowest BCUT2D eigenvalue weighted by atomic mass is 10.3. The third-order valence-electron chi connectivity index (χ3n) is 1.47. The van der Waals surface area contributed by atoms with Crippen molar-refractivity contribution in [1.82, 2.24) is 9.97 Å². The highest BCUT2D eigenvalue weighted by molar-refractivity contribution is 5.92. The second kappa shape index (κ2) is 3.77. The highest BCUT2D eigenvalue weighted by Gasteiger charge is 2.17. The molecule has 0 bridgehead atoms. The van der Waals surface area contributed by atoms with Crippen LogP contribution in [0.2, 0.25) is 0 Å². The van der Waals surface area contributed by atoms with Gasteiger partial charge >= 0.3 is 12.0 Å². The van der Waals surface area contributed by atoms with E-state index in [-0.39, 0.29) is 23.3 Å². The van der Waals surface area contributed by atoms with Crippen molar-refractivity contribution in [3.63, 3.8) is 0 Å². The Bertz CT molecular complexity index is 366. The molecule has 14 heavy (non-hydrogen) atoms. The maximum absolute atomic E-state index is 10.7. The van der Waals surface area contributed by atoms with Crippen LogP contribution < -0.4 is 15.2 Å². The van der Waals surface area contributed by atoms with Gasteiger partial charge in [-0.3, -0.25) is 0 Å². The molecule has 7 nitrogen and oxygen atoms in total. The Morgan fingerprint density at radius 2 is 2.00 bits per heavy atom. The molecule has 0 spiro atoms. The average molecular weight is 199 g/mol. The molecule has 0 aromatic carbocycles. The number of carboxylic acids is 1. The number of nitrogens with two attached hydrogens (primary N) is 1. The van der Waals surface area contributed by atoms with Crippen LogP contribution in [0.25, 0.3) is 0 Å². The van der Waals surface area contributed by atoms with Gasteiger partial charge in [0.15, 0.2) is 5.69 Å². The van der Waals surface area contributed by atoms with Crippen molar-refractivity contribution in [1.29, 1.82) is 0 Å². The number of rotatable bonds is 3. The van der Waals surface area contributed by atoms with Crippen LogP contribution in [0.3, 0.4) is 0 Å². The van der Waals surface area contributed by atoms with Gasteiger partial charge in [-0.15, -0.1) is 0 Å². The molecule has 3 N–H and O–H groups in total. The summed E-state index contributed by atoms with van der Waals surface area (Å²) in [6.07, 6.45) is 0. The predicted octanol–water partition coefficient (Wildman–Crippen LogP) is -0.226. The molecule has 0 aliphatic carbocycles. The van der Waals surface area contributed by atoms with Crippen molar-refractivity contribution in [2.45, 2.75) is 0 Å². The van der Waals surface area contributed by atoms with E-state index in [4.69, 9.17) is 15.6 Å². The van der Waals surface area contributed by atoms with E-state index in [1.807, 2.05) is 0 Å². The van der Waals surface area contributed by atoms with Crippen molar-refractivity contribution in [2.24, 2.45) is 0 Å². The SMILES string of the molecule is COc1nc(OC)c(N)c(C(=O)O)n1. The highest BCUT2D eigenvalue weighted by atomic mass is 16.5. The third kappa shape index (κ3) is 1.65. The Morgan fingerprint density at radius 3 is 2.43 bits per heavy atom. The standard InChI is InChI=1S/C7H9N3O4/c1-13-5-3(8)4(6(11)12)9-7(10-5)14-2/h8H2,1-2H3,(H,11,12). The summed E-state index contributed by atoms with van der Waals surface area (Å²) in [5, 5.41) is 8.72. The number of ether oxygens (including phenoxy) is 2. The van der Waals surface area contributed by atoms with E-state index in [0.29, 0.717) is 0 Å². The maximum atomic E-state index is 10.7. The number of nitrogen functional groups attached to an aromatic ring is 1. The van der Waals surface area contributed by atoms with Gasteiger partial charge in [0.25, 0.3) is 0 Å². The molecule has 1 heterocycles. The van der Waals surface area contributed by atoms with E-state index >= 15 is 0 Å². The molecule has 0 saturated carbocycles. The van der Waals surface area contributed by atoms with Crippen LogP contribution in [-0.4, -0.2) is 35.3 Å². The molecule has 1 rings (SSSR count). The third-order valence-corrected chi connectivity index (χ3v) is 1.47. The molecule has 1 aromatic heterocycles. The van der Waals surface area contributed by atoms with Crippen LogP contribution in [0, 0.1) is 0 Å². The number of hydrogen-bond acceptors (Lipinski definition) is 6. The summed E-state index contributed by atoms with van der Waals surface area (Å²) >= 11 is 0. The number of methoxy groups -OCH3 is 2. The lowest BCUT2D eigenvalue weighted by molar-refractivity contribution is 0.0690. The fourth-order valence-electron chi connectivity index (χ4n) is 0.839. The number of hydrogen-bond donors (Lipinski definition) is 2. The van der Waals surface area contributed by atoms with Crippen LogP contribution in [0.4, 0.5) is 5.69 Å². The zero-order valence-electron chi connectivity index (χ0n) is 7.64. The molecular formula is C7H9N3O4. The van der Waals surface area contributed by atoms with Crippen LogP contribution in [0.5, 0.6) is 11.9 Å². The minimum absolute atomic E-state index is 0.0192. The molecule has 76 valence electrons. The summed E-state index contributed by atoms with van der Waals surface area (Å²) in [6, 6.07) is -0.103. The second-order valence-corrected chi connectivity index (χ2v) is 2.29. The Labute approximate surface area is 79.5 Å². The number of carboxylic acid groups (broad SMARTS) is 1. The van der Waals surface area contributed by atoms with Crippen molar-refractivity contribution >= 4 is 11.7 Å². The minimum atomic E-state index is -1.26. The summed E-state index contributed by atoms with van der Waals surface area (Å²) in [6.45, 7) is 0. The van der Waals surface area contributed by atoms with Crippen molar-refractivity contribution in [3.05, 3.63) is 5.69 Å². The van der Waals surface area contributed by atoms with Crippen LogP contribution in [-0.2, 0) is 0 Å². The van der Waals surface area contributed by atoms with Gasteiger partial charge in [0.1, 0.15) is 5.69 Å². The van der Waals surface area contributed by atoms with E-state index < -0.39 is 5.97 Å². The molecule has 0 aliphatic rings. The molecule has 1 aromatic rings. The first-order chi connectivity index (χ1) is 6.60. The van der Waals surface area contributed by atoms with E-state index in [1.165, 1.54) is 14.2 Å². The fourth-order valence-corrected chi connectivity index (χ4v) is 0.839. The molecule has 0 radical (unpaired) electrons. The zero-order valence-corrected chi connectivity index (χ0v) is 7.64. The summed E-state index contributed by atoms with van der Waals surface area (Å²) in [5.41, 5.74) is 4.97. The van der Waals surface area contributed by atoms with Crippen LogP contribution >= 0.6 is 0 Å². The first-order valence-electron chi connectivity index (χ1n) is 3.59. The minimum Gasteiger partial charge on any atom is -0.479 e. The largest absolute Gasteiger partial charge is 0.479 e. The number of carbonyl (C=O) groups is 1. The number of nitrogens with zero attached hydrogens (tertiary/aromatic N) is 2. The van der Waals surface area contributed by atoms with Crippen LogP contribution in [0.1, 0.15) is 10.5 Å². The molecular weight excluding hydrogens is 190 g/mol.